The van der Waals surface area contributed by atoms with E-state index in [1.807, 2.05) is 29.0 Å². The maximum atomic E-state index is 5.48. The van der Waals surface area contributed by atoms with Crippen molar-refractivity contribution in [3.05, 3.63) is 0 Å². The van der Waals surface area contributed by atoms with Gasteiger partial charge in [0.25, 0.3) is 0 Å². The van der Waals surface area contributed by atoms with Crippen LogP contribution in [0, 0.1) is 0 Å². The van der Waals surface area contributed by atoms with E-state index in [9.17, 15) is 0 Å². The Hall–Kier alpha value is 0.760. The summed E-state index contributed by atoms with van der Waals surface area (Å²) in [6.07, 6.45) is 1.81. The fourth-order valence-corrected chi connectivity index (χ4v) is 7.10. The molecular formula is C5H10NOPS2. The van der Waals surface area contributed by atoms with Crippen LogP contribution in [0.5, 0.6) is 0 Å². The van der Waals surface area contributed by atoms with Crippen LogP contribution < -0.4 is 0 Å². The van der Waals surface area contributed by atoms with Crippen LogP contribution in [0.1, 0.15) is 0 Å². The minimum absolute atomic E-state index is 0.215. The van der Waals surface area contributed by atoms with E-state index in [0.717, 1.165) is 0 Å². The highest BCUT2D eigenvalue weighted by Crippen LogP contribution is 2.66. The fourth-order valence-electron chi connectivity index (χ4n) is 0.504. The molecule has 0 bridgehead atoms. The van der Waals surface area contributed by atoms with Gasteiger partial charge in [-0.1, -0.05) is 22.8 Å². The Morgan fingerprint density at radius 1 is 1.60 bits per heavy atom. The van der Waals surface area contributed by atoms with Gasteiger partial charge in [-0.2, -0.15) is 0 Å². The van der Waals surface area contributed by atoms with E-state index in [-0.39, 0.29) is 6.55 Å². The quantitative estimate of drug-likeness (QED) is 0.510. The lowest BCUT2D eigenvalue weighted by Gasteiger charge is -2.04. The Kier molecular flexibility index (Phi) is 4.79. The van der Waals surface area contributed by atoms with Crippen molar-refractivity contribution >= 4 is 35.5 Å². The van der Waals surface area contributed by atoms with Gasteiger partial charge in [0.05, 0.1) is 6.61 Å². The third-order valence-corrected chi connectivity index (χ3v) is 7.62. The number of hydrogen-bond donors (Lipinski definition) is 0. The minimum atomic E-state index is -0.215. The van der Waals surface area contributed by atoms with Crippen LogP contribution >= 0.6 is 29.3 Å². The van der Waals surface area contributed by atoms with E-state index in [0.29, 0.717) is 6.61 Å². The topological polar surface area (TPSA) is 21.6 Å². The molecule has 58 valence electrons. The summed E-state index contributed by atoms with van der Waals surface area (Å²) < 4.78 is 5.48. The van der Waals surface area contributed by atoms with Crippen LogP contribution in [0.2, 0.25) is 0 Å². The Labute approximate surface area is 70.5 Å². The van der Waals surface area contributed by atoms with Crippen molar-refractivity contribution in [3.8, 4) is 0 Å². The molecule has 1 rings (SSSR count). The highest BCUT2D eigenvalue weighted by Gasteiger charge is 2.16. The summed E-state index contributed by atoms with van der Waals surface area (Å²) in [5.74, 6) is 2.50. The molecule has 1 fully saturated rings. The summed E-state index contributed by atoms with van der Waals surface area (Å²) in [5, 5.41) is 0. The second-order valence-electron chi connectivity index (χ2n) is 1.63. The van der Waals surface area contributed by atoms with E-state index in [4.69, 9.17) is 4.52 Å². The molecule has 1 heterocycles. The van der Waals surface area contributed by atoms with Crippen molar-refractivity contribution in [2.45, 2.75) is 0 Å². The third-order valence-electron chi connectivity index (χ3n) is 0.914. The van der Waals surface area contributed by atoms with Crippen molar-refractivity contribution in [3.63, 3.8) is 0 Å². The van der Waals surface area contributed by atoms with Gasteiger partial charge in [-0.05, 0) is 0 Å². The smallest absolute Gasteiger partial charge is 0.152 e. The van der Waals surface area contributed by atoms with Gasteiger partial charge in [-0.3, -0.25) is 4.99 Å². The first-order valence-electron chi connectivity index (χ1n) is 3.03. The van der Waals surface area contributed by atoms with Gasteiger partial charge in [0.1, 0.15) is 0 Å². The van der Waals surface area contributed by atoms with E-state index in [1.165, 1.54) is 11.5 Å². The molecular weight excluding hydrogens is 185 g/mol. The van der Waals surface area contributed by atoms with Crippen LogP contribution in [-0.2, 0) is 4.52 Å². The molecule has 0 amide bonds. The summed E-state index contributed by atoms with van der Waals surface area (Å²) in [6.45, 7) is 0.468. The maximum Gasteiger partial charge on any atom is 0.152 e. The van der Waals surface area contributed by atoms with Crippen molar-refractivity contribution in [2.24, 2.45) is 4.99 Å². The summed E-state index contributed by atoms with van der Waals surface area (Å²) in [5.41, 5.74) is 0. The van der Waals surface area contributed by atoms with Crippen LogP contribution in [-0.4, -0.2) is 31.4 Å². The van der Waals surface area contributed by atoms with Crippen LogP contribution in [0.4, 0.5) is 0 Å². The summed E-state index contributed by atoms with van der Waals surface area (Å²) in [4.78, 5) is 3.84. The number of rotatable bonds is 3. The molecule has 2 nitrogen and oxygen atoms in total. The van der Waals surface area contributed by atoms with E-state index >= 15 is 0 Å². The second kappa shape index (κ2) is 5.42. The lowest BCUT2D eigenvalue weighted by atomic mass is 10.8. The second-order valence-corrected chi connectivity index (χ2v) is 7.90. The predicted molar refractivity (Wildman–Crippen MR) is 52.2 cm³/mol. The molecule has 0 spiro atoms. The van der Waals surface area contributed by atoms with Crippen LogP contribution in [0.25, 0.3) is 0 Å². The fraction of sp³-hybridized carbons (Fsp3) is 0.800. The van der Waals surface area contributed by atoms with Crippen LogP contribution in [0.15, 0.2) is 4.99 Å². The average molecular weight is 195 g/mol. The molecule has 0 aromatic heterocycles. The molecule has 1 aliphatic rings. The molecule has 0 aromatic carbocycles. The molecule has 1 saturated heterocycles. The van der Waals surface area contributed by atoms with Gasteiger partial charge in [-0.25, -0.2) is 0 Å². The van der Waals surface area contributed by atoms with Crippen molar-refractivity contribution < 1.29 is 4.52 Å². The standard InChI is InChI=1S/C5H10NOPS2/c1-6-2-3-7-8-9-4-5-10-8/h2H,3-5H2,1H3. The summed E-state index contributed by atoms with van der Waals surface area (Å²) >= 11 is 3.87. The molecule has 0 aliphatic carbocycles. The predicted octanol–water partition coefficient (Wildman–Crippen LogP) is 2.41. The number of nitrogens with zero attached hydrogens (tertiary/aromatic N) is 1. The molecule has 0 N–H and O–H groups in total. The van der Waals surface area contributed by atoms with Crippen molar-refractivity contribution in [1.29, 1.82) is 0 Å². The zero-order valence-electron chi connectivity index (χ0n) is 5.82. The molecule has 1 aliphatic heterocycles. The highest BCUT2D eigenvalue weighted by molar-refractivity contribution is 8.88. The lowest BCUT2D eigenvalue weighted by Crippen LogP contribution is -1.85. The van der Waals surface area contributed by atoms with E-state index in [2.05, 4.69) is 4.99 Å². The molecule has 0 radical (unpaired) electrons. The van der Waals surface area contributed by atoms with E-state index < -0.39 is 0 Å². The van der Waals surface area contributed by atoms with Crippen LogP contribution in [0.3, 0.4) is 0 Å². The largest absolute Gasteiger partial charge is 0.333 e. The third kappa shape index (κ3) is 3.24. The van der Waals surface area contributed by atoms with Gasteiger partial charge in [0, 0.05) is 24.8 Å². The first kappa shape index (κ1) is 8.85. The summed E-state index contributed by atoms with van der Waals surface area (Å²) in [6, 6.07) is 0. The number of hydrogen-bond acceptors (Lipinski definition) is 4. The average Bonchev–Trinajstić information content (AvgIpc) is 2.41. The molecule has 0 saturated carbocycles. The van der Waals surface area contributed by atoms with Gasteiger partial charge in [-0.15, -0.1) is 0 Å². The molecule has 10 heavy (non-hydrogen) atoms. The normalized spacial score (nSPS) is 20.9. The monoisotopic (exact) mass is 195 g/mol. The SMILES string of the molecule is CN=CCOP1SCCS1. The highest BCUT2D eigenvalue weighted by atomic mass is 33.1. The molecule has 0 aromatic rings. The maximum absolute atomic E-state index is 5.48. The Morgan fingerprint density at radius 2 is 2.30 bits per heavy atom. The van der Waals surface area contributed by atoms with Crippen molar-refractivity contribution in [1.82, 2.24) is 0 Å². The minimum Gasteiger partial charge on any atom is -0.333 e. The number of aliphatic imine (C=N–C) groups is 1. The Balaban J connectivity index is 2.01. The molecule has 0 atom stereocenters. The first-order valence-corrected chi connectivity index (χ1v) is 7.47. The van der Waals surface area contributed by atoms with Gasteiger partial charge < -0.3 is 4.52 Å². The first-order chi connectivity index (χ1) is 4.93. The Morgan fingerprint density at radius 3 is 2.90 bits per heavy atom. The van der Waals surface area contributed by atoms with Crippen molar-refractivity contribution in [2.75, 3.05) is 25.2 Å². The zero-order valence-corrected chi connectivity index (χ0v) is 8.35. The van der Waals surface area contributed by atoms with Gasteiger partial charge in [0.15, 0.2) is 6.55 Å². The lowest BCUT2D eigenvalue weighted by molar-refractivity contribution is 0.442. The van der Waals surface area contributed by atoms with Gasteiger partial charge in [0.2, 0.25) is 0 Å². The molecule has 0 unspecified atom stereocenters. The van der Waals surface area contributed by atoms with E-state index in [1.54, 1.807) is 7.05 Å². The molecule has 5 heteroatoms. The zero-order chi connectivity index (χ0) is 7.23. The summed E-state index contributed by atoms with van der Waals surface area (Å²) in [7, 11) is 1.77. The Bertz CT molecular complexity index is 116. The van der Waals surface area contributed by atoms with Gasteiger partial charge >= 0.3 is 0 Å².